The summed E-state index contributed by atoms with van der Waals surface area (Å²) in [6.07, 6.45) is 1.82. The fourth-order valence-corrected chi connectivity index (χ4v) is 4.30. The molecule has 0 aromatic carbocycles. The Bertz CT molecular complexity index is 650. The van der Waals surface area contributed by atoms with Gasteiger partial charge in [-0.05, 0) is 18.9 Å². The van der Waals surface area contributed by atoms with Gasteiger partial charge in [-0.25, -0.2) is 0 Å². The van der Waals surface area contributed by atoms with Gasteiger partial charge in [-0.15, -0.1) is 0 Å². The van der Waals surface area contributed by atoms with Crippen LogP contribution in [0.5, 0.6) is 0 Å². The molecule has 0 N–H and O–H groups in total. The van der Waals surface area contributed by atoms with Crippen LogP contribution in [0.25, 0.3) is 0 Å². The predicted molar refractivity (Wildman–Crippen MR) is 90.6 cm³/mol. The van der Waals surface area contributed by atoms with Crippen molar-refractivity contribution in [3.8, 4) is 0 Å². The van der Waals surface area contributed by atoms with Crippen LogP contribution in [0.15, 0.2) is 6.07 Å². The maximum absolute atomic E-state index is 12.4. The summed E-state index contributed by atoms with van der Waals surface area (Å²) in [5.41, 5.74) is 1.98. The SMILES string of the molecule is CN(C)S(=O)(=O)N1CCCn2nc(CN3CCCOCC3)cc2C1. The Balaban J connectivity index is 1.72. The van der Waals surface area contributed by atoms with E-state index in [0.717, 1.165) is 63.6 Å². The molecule has 2 aliphatic rings. The van der Waals surface area contributed by atoms with Crippen LogP contribution in [0.4, 0.5) is 0 Å². The molecular formula is C15H27N5O3S. The Kier molecular flexibility index (Phi) is 5.56. The predicted octanol–water partition coefficient (Wildman–Crippen LogP) is 0.118. The van der Waals surface area contributed by atoms with Gasteiger partial charge >= 0.3 is 0 Å². The molecule has 136 valence electrons. The van der Waals surface area contributed by atoms with Crippen LogP contribution >= 0.6 is 0 Å². The quantitative estimate of drug-likeness (QED) is 0.765. The van der Waals surface area contributed by atoms with Gasteiger partial charge in [0, 0.05) is 53.4 Å². The van der Waals surface area contributed by atoms with Crippen LogP contribution in [-0.4, -0.2) is 78.7 Å². The molecule has 0 saturated carbocycles. The molecular weight excluding hydrogens is 330 g/mol. The van der Waals surface area contributed by atoms with Crippen LogP contribution in [0.2, 0.25) is 0 Å². The second-order valence-corrected chi connectivity index (χ2v) is 8.71. The zero-order valence-electron chi connectivity index (χ0n) is 14.5. The van der Waals surface area contributed by atoms with Crippen molar-refractivity contribution in [3.63, 3.8) is 0 Å². The van der Waals surface area contributed by atoms with Gasteiger partial charge in [0.05, 0.1) is 24.5 Å². The Morgan fingerprint density at radius 2 is 2.00 bits per heavy atom. The number of hydrogen-bond donors (Lipinski definition) is 0. The van der Waals surface area contributed by atoms with Crippen molar-refractivity contribution in [2.45, 2.75) is 32.5 Å². The van der Waals surface area contributed by atoms with Crippen molar-refractivity contribution < 1.29 is 13.2 Å². The van der Waals surface area contributed by atoms with Crippen molar-refractivity contribution in [1.82, 2.24) is 23.3 Å². The third-order valence-corrected chi connectivity index (χ3v) is 6.41. The van der Waals surface area contributed by atoms with E-state index in [1.54, 1.807) is 14.1 Å². The molecule has 0 spiro atoms. The first-order valence-corrected chi connectivity index (χ1v) is 9.90. The topological polar surface area (TPSA) is 70.9 Å². The van der Waals surface area contributed by atoms with Gasteiger partial charge in [-0.1, -0.05) is 0 Å². The van der Waals surface area contributed by atoms with Crippen LogP contribution in [0, 0.1) is 0 Å². The van der Waals surface area contributed by atoms with E-state index in [1.807, 2.05) is 4.68 Å². The van der Waals surface area contributed by atoms with E-state index in [1.165, 1.54) is 8.61 Å². The molecule has 1 aromatic heterocycles. The molecule has 3 heterocycles. The molecule has 0 atom stereocenters. The summed E-state index contributed by atoms with van der Waals surface area (Å²) in [4.78, 5) is 2.35. The second kappa shape index (κ2) is 7.49. The zero-order chi connectivity index (χ0) is 17.2. The molecule has 0 radical (unpaired) electrons. The van der Waals surface area contributed by atoms with Crippen LogP contribution < -0.4 is 0 Å². The van der Waals surface area contributed by atoms with Crippen LogP contribution in [-0.2, 0) is 34.6 Å². The van der Waals surface area contributed by atoms with Gasteiger partial charge in [0.15, 0.2) is 0 Å². The van der Waals surface area contributed by atoms with Crippen LogP contribution in [0.3, 0.4) is 0 Å². The fraction of sp³-hybridized carbons (Fsp3) is 0.800. The van der Waals surface area contributed by atoms with E-state index in [9.17, 15) is 8.42 Å². The molecule has 0 bridgehead atoms. The van der Waals surface area contributed by atoms with Gasteiger partial charge < -0.3 is 4.74 Å². The third-order valence-electron chi connectivity index (χ3n) is 4.52. The van der Waals surface area contributed by atoms with Gasteiger partial charge in [-0.3, -0.25) is 9.58 Å². The largest absolute Gasteiger partial charge is 0.380 e. The van der Waals surface area contributed by atoms with Gasteiger partial charge in [0.1, 0.15) is 0 Å². The third kappa shape index (κ3) is 3.97. The Morgan fingerprint density at radius 3 is 2.79 bits per heavy atom. The summed E-state index contributed by atoms with van der Waals surface area (Å²) in [5, 5.41) is 4.70. The molecule has 3 rings (SSSR count). The first kappa shape index (κ1) is 17.8. The lowest BCUT2D eigenvalue weighted by Crippen LogP contribution is -2.39. The highest BCUT2D eigenvalue weighted by Crippen LogP contribution is 2.18. The van der Waals surface area contributed by atoms with Gasteiger partial charge in [0.2, 0.25) is 0 Å². The van der Waals surface area contributed by atoms with Crippen LogP contribution in [0.1, 0.15) is 24.2 Å². The lowest BCUT2D eigenvalue weighted by atomic mass is 10.3. The van der Waals surface area contributed by atoms with Crippen molar-refractivity contribution in [2.75, 3.05) is 46.9 Å². The summed E-state index contributed by atoms with van der Waals surface area (Å²) in [5.74, 6) is 0. The summed E-state index contributed by atoms with van der Waals surface area (Å²) in [6.45, 7) is 6.00. The molecule has 24 heavy (non-hydrogen) atoms. The van der Waals surface area contributed by atoms with Gasteiger partial charge in [0.25, 0.3) is 10.2 Å². The minimum atomic E-state index is -3.39. The highest BCUT2D eigenvalue weighted by Gasteiger charge is 2.28. The molecule has 0 aliphatic carbocycles. The lowest BCUT2D eigenvalue weighted by molar-refractivity contribution is 0.140. The Labute approximate surface area is 144 Å². The smallest absolute Gasteiger partial charge is 0.281 e. The standard InChI is InChI=1S/C15H27N5O3S/c1-17(2)24(21,22)19-6-3-7-20-15(13-19)11-14(16-20)12-18-5-4-9-23-10-8-18/h11H,3-10,12-13H2,1-2H3. The molecule has 2 aliphatic heterocycles. The highest BCUT2D eigenvalue weighted by molar-refractivity contribution is 7.86. The van der Waals surface area contributed by atoms with E-state index in [0.29, 0.717) is 13.1 Å². The maximum Gasteiger partial charge on any atom is 0.281 e. The molecule has 9 heteroatoms. The fourth-order valence-electron chi connectivity index (χ4n) is 3.18. The number of fused-ring (bicyclic) bond motifs is 1. The lowest BCUT2D eigenvalue weighted by Gasteiger charge is -2.23. The highest BCUT2D eigenvalue weighted by atomic mass is 32.2. The summed E-state index contributed by atoms with van der Waals surface area (Å²) < 4.78 is 35.1. The average Bonchev–Trinajstić information content (AvgIpc) is 2.72. The van der Waals surface area contributed by atoms with Crippen molar-refractivity contribution in [2.24, 2.45) is 0 Å². The first-order valence-electron chi connectivity index (χ1n) is 8.50. The zero-order valence-corrected chi connectivity index (χ0v) is 15.3. The molecule has 1 aromatic rings. The van der Waals surface area contributed by atoms with E-state index in [2.05, 4.69) is 11.0 Å². The summed E-state index contributed by atoms with van der Waals surface area (Å²) in [6, 6.07) is 2.05. The minimum absolute atomic E-state index is 0.386. The van der Waals surface area contributed by atoms with Crippen molar-refractivity contribution >= 4 is 10.2 Å². The minimum Gasteiger partial charge on any atom is -0.380 e. The second-order valence-electron chi connectivity index (χ2n) is 6.57. The molecule has 8 nitrogen and oxygen atoms in total. The normalized spacial score (nSPS) is 21.5. The monoisotopic (exact) mass is 357 g/mol. The molecule has 1 fully saturated rings. The number of rotatable bonds is 4. The molecule has 0 unspecified atom stereocenters. The number of nitrogens with zero attached hydrogens (tertiary/aromatic N) is 5. The number of aromatic nitrogens is 2. The summed E-state index contributed by atoms with van der Waals surface area (Å²) in [7, 11) is -0.243. The van der Waals surface area contributed by atoms with E-state index in [-0.39, 0.29) is 0 Å². The summed E-state index contributed by atoms with van der Waals surface area (Å²) >= 11 is 0. The maximum atomic E-state index is 12.4. The van der Waals surface area contributed by atoms with Crippen molar-refractivity contribution in [1.29, 1.82) is 0 Å². The average molecular weight is 357 g/mol. The molecule has 0 amide bonds. The first-order chi connectivity index (χ1) is 11.5. The van der Waals surface area contributed by atoms with E-state index >= 15 is 0 Å². The number of hydrogen-bond acceptors (Lipinski definition) is 5. The Morgan fingerprint density at radius 1 is 1.17 bits per heavy atom. The van der Waals surface area contributed by atoms with E-state index in [4.69, 9.17) is 9.84 Å². The van der Waals surface area contributed by atoms with E-state index < -0.39 is 10.2 Å². The number of aryl methyl sites for hydroxylation is 1. The van der Waals surface area contributed by atoms with Gasteiger partial charge in [-0.2, -0.15) is 22.1 Å². The number of ether oxygens (including phenoxy) is 1. The Hall–Kier alpha value is -1.00. The molecule has 1 saturated heterocycles. The van der Waals surface area contributed by atoms with Crippen molar-refractivity contribution in [3.05, 3.63) is 17.5 Å².